The first-order valence-electron chi connectivity index (χ1n) is 20.5. The minimum Gasteiger partial charge on any atom is -0.489 e. The molecule has 0 aliphatic rings. The van der Waals surface area contributed by atoms with E-state index in [4.69, 9.17) is 22.1 Å². The van der Waals surface area contributed by atoms with Crippen LogP contribution in [0.1, 0.15) is 47.6 Å². The summed E-state index contributed by atoms with van der Waals surface area (Å²) in [5, 5.41) is 8.76. The molecular weight excluding hydrogens is 767 g/mol. The third-order valence-electron chi connectivity index (χ3n) is 10.5. The topological polar surface area (TPSA) is 135 Å². The van der Waals surface area contributed by atoms with Gasteiger partial charge in [0.15, 0.2) is 5.81 Å². The first-order valence-corrected chi connectivity index (χ1v) is 20.5. The zero-order valence-electron chi connectivity index (χ0n) is 35.4. The number of hydrogen-bond acceptors (Lipinski definition) is 9. The van der Waals surface area contributed by atoms with Crippen molar-refractivity contribution in [3.8, 4) is 22.6 Å². The minimum absolute atomic E-state index is 0.00303. The largest absolute Gasteiger partial charge is 0.489 e. The summed E-state index contributed by atoms with van der Waals surface area (Å²) in [5.74, 6) is -0.777. The van der Waals surface area contributed by atoms with E-state index in [1.54, 1.807) is 21.0 Å². The molecule has 5 rings (SSSR count). The summed E-state index contributed by atoms with van der Waals surface area (Å²) in [6.07, 6.45) is 1.28. The second-order valence-electron chi connectivity index (χ2n) is 14.9. The van der Waals surface area contributed by atoms with Crippen molar-refractivity contribution in [1.29, 1.82) is 0 Å². The number of likely N-dealkylation sites (N-methyl/N-ethyl adjacent to an activating group) is 2. The highest BCUT2D eigenvalue weighted by atomic mass is 16.5. The molecule has 11 nitrogen and oxygen atoms in total. The standard InChI is InChI=1S/C49H55BN4O7/c1-34(55)43(52-3)29-40-27-38(22-24-45(40)59-31-35-15-8-5-9-16-35)39-23-25-46(60-32-36-17-10-6-11-18-36)41(28-39)30-44(48(57)61-33-37-19-12-7-13-20-37)54(4)47(56)42(53-49(50)58)21-14-26-51-2/h5-13,15-20,22-25,27-28,42-44,51-52H,14,21,26,29-33H2,1-4H3,(H,53,58)/t42-,43?,44?/m0/s1. The van der Waals surface area contributed by atoms with Gasteiger partial charge in [-0.2, -0.15) is 0 Å². The van der Waals surface area contributed by atoms with Crippen molar-refractivity contribution in [2.24, 2.45) is 0 Å². The van der Waals surface area contributed by atoms with Crippen molar-refractivity contribution in [2.75, 3.05) is 27.7 Å². The highest BCUT2D eigenvalue weighted by molar-refractivity contribution is 6.57. The summed E-state index contributed by atoms with van der Waals surface area (Å²) in [5.41, 5.74) is 5.90. The van der Waals surface area contributed by atoms with Gasteiger partial charge in [-0.1, -0.05) is 103 Å². The van der Waals surface area contributed by atoms with E-state index < -0.39 is 35.8 Å². The SMILES string of the molecule is [B]C(=O)N[C@@H](CCCNC)C(=O)N(C)C(Cc1cc(-c2ccc(OCc3ccccc3)c(CC(NC)C(C)=O)c2)ccc1OCc1ccccc1)C(=O)OCc1ccccc1. The van der Waals surface area contributed by atoms with E-state index in [-0.39, 0.29) is 25.4 Å². The first-order chi connectivity index (χ1) is 29.6. The van der Waals surface area contributed by atoms with Crippen molar-refractivity contribution >= 4 is 31.3 Å². The van der Waals surface area contributed by atoms with Crippen LogP contribution in [0.25, 0.3) is 11.1 Å². The number of nitrogens with zero attached hydrogens (tertiary/aromatic N) is 1. The van der Waals surface area contributed by atoms with Crippen LogP contribution in [0, 0.1) is 0 Å². The highest BCUT2D eigenvalue weighted by Crippen LogP contribution is 2.33. The molecule has 2 radical (unpaired) electrons. The number of rotatable bonds is 23. The fourth-order valence-corrected chi connectivity index (χ4v) is 6.98. The van der Waals surface area contributed by atoms with Crippen LogP contribution in [0.4, 0.5) is 4.79 Å². The first kappa shape index (κ1) is 45.8. The van der Waals surface area contributed by atoms with Gasteiger partial charge in [0, 0.05) is 13.5 Å². The van der Waals surface area contributed by atoms with Gasteiger partial charge in [0.2, 0.25) is 13.8 Å². The molecule has 0 bridgehead atoms. The van der Waals surface area contributed by atoms with E-state index in [1.165, 1.54) is 11.9 Å². The van der Waals surface area contributed by atoms with Crippen LogP contribution in [-0.4, -0.2) is 82.0 Å². The zero-order chi connectivity index (χ0) is 43.6. The maximum Gasteiger partial charge on any atom is 0.329 e. The van der Waals surface area contributed by atoms with Crippen LogP contribution >= 0.6 is 0 Å². The van der Waals surface area contributed by atoms with E-state index in [0.717, 1.165) is 33.4 Å². The number of ether oxygens (including phenoxy) is 3. The van der Waals surface area contributed by atoms with Gasteiger partial charge in [0.25, 0.3) is 0 Å². The molecule has 0 heterocycles. The predicted octanol–water partition coefficient (Wildman–Crippen LogP) is 6.59. The van der Waals surface area contributed by atoms with E-state index in [2.05, 4.69) is 16.0 Å². The smallest absolute Gasteiger partial charge is 0.329 e. The van der Waals surface area contributed by atoms with Crippen molar-refractivity contribution in [3.05, 3.63) is 155 Å². The summed E-state index contributed by atoms with van der Waals surface area (Å²) < 4.78 is 18.7. The fourth-order valence-electron chi connectivity index (χ4n) is 6.98. The number of ketones is 1. The molecule has 5 aromatic carbocycles. The van der Waals surface area contributed by atoms with E-state index in [1.807, 2.05) is 127 Å². The normalized spacial score (nSPS) is 12.4. The summed E-state index contributed by atoms with van der Waals surface area (Å²) in [4.78, 5) is 54.4. The summed E-state index contributed by atoms with van der Waals surface area (Å²) >= 11 is 0. The molecule has 0 saturated carbocycles. The number of amides is 2. The van der Waals surface area contributed by atoms with E-state index in [0.29, 0.717) is 49.5 Å². The molecule has 0 spiro atoms. The van der Waals surface area contributed by atoms with E-state index in [9.17, 15) is 19.2 Å². The fraction of sp³-hybridized carbons (Fsp3) is 0.306. The second-order valence-corrected chi connectivity index (χ2v) is 14.9. The highest BCUT2D eigenvalue weighted by Gasteiger charge is 2.34. The van der Waals surface area contributed by atoms with Gasteiger partial charge < -0.3 is 35.1 Å². The number of Topliss-reactive ketones (excluding diaryl/α,β-unsaturated/α-hetero) is 1. The molecule has 61 heavy (non-hydrogen) atoms. The summed E-state index contributed by atoms with van der Waals surface area (Å²) in [6, 6.07) is 38.0. The average Bonchev–Trinajstić information content (AvgIpc) is 3.28. The van der Waals surface area contributed by atoms with Crippen LogP contribution in [-0.2, 0) is 51.8 Å². The Balaban J connectivity index is 1.55. The van der Waals surface area contributed by atoms with Crippen LogP contribution in [0.5, 0.6) is 11.5 Å². The van der Waals surface area contributed by atoms with Crippen molar-refractivity contribution in [3.63, 3.8) is 0 Å². The summed E-state index contributed by atoms with van der Waals surface area (Å²) in [6.45, 7) is 2.78. The lowest BCUT2D eigenvalue weighted by Crippen LogP contribution is -2.53. The molecule has 0 fully saturated rings. The third kappa shape index (κ3) is 13.9. The number of esters is 1. The molecule has 3 atom stereocenters. The minimum atomic E-state index is -1.12. The number of benzene rings is 5. The molecule has 0 saturated heterocycles. The molecule has 12 heteroatoms. The second kappa shape index (κ2) is 23.5. The van der Waals surface area contributed by atoms with Gasteiger partial charge in [0.05, 0.1) is 6.04 Å². The van der Waals surface area contributed by atoms with Crippen LogP contribution < -0.4 is 25.4 Å². The number of hydrogen-bond donors (Lipinski definition) is 3. The van der Waals surface area contributed by atoms with Crippen molar-refractivity contribution in [1.82, 2.24) is 20.9 Å². The predicted molar refractivity (Wildman–Crippen MR) is 238 cm³/mol. The average molecular weight is 823 g/mol. The Morgan fingerprint density at radius 1 is 0.656 bits per heavy atom. The lowest BCUT2D eigenvalue weighted by Gasteiger charge is -2.31. The lowest BCUT2D eigenvalue weighted by molar-refractivity contribution is -0.155. The Hall–Kier alpha value is -6.24. The molecule has 0 aromatic heterocycles. The van der Waals surface area contributed by atoms with Gasteiger partial charge in [-0.15, -0.1) is 0 Å². The maximum atomic E-state index is 14.2. The number of nitrogens with one attached hydrogen (secondary N) is 3. The molecule has 5 aromatic rings. The molecule has 3 N–H and O–H groups in total. The molecule has 0 aliphatic heterocycles. The zero-order valence-corrected chi connectivity index (χ0v) is 35.4. The maximum absolute atomic E-state index is 14.2. The molecule has 316 valence electrons. The quantitative estimate of drug-likeness (QED) is 0.0379. The molecule has 0 aliphatic carbocycles. The van der Waals surface area contributed by atoms with Gasteiger partial charge in [-0.25, -0.2) is 4.79 Å². The van der Waals surface area contributed by atoms with Crippen molar-refractivity contribution in [2.45, 2.75) is 70.6 Å². The van der Waals surface area contributed by atoms with Crippen LogP contribution in [0.3, 0.4) is 0 Å². The van der Waals surface area contributed by atoms with Crippen molar-refractivity contribution < 1.29 is 33.4 Å². The number of carbonyl (C=O) groups excluding carboxylic acids is 4. The molecular formula is C49H55BN4O7. The Morgan fingerprint density at radius 2 is 1.15 bits per heavy atom. The third-order valence-corrected chi connectivity index (χ3v) is 10.5. The van der Waals surface area contributed by atoms with E-state index >= 15 is 0 Å². The number of carbonyl (C=O) groups is 4. The Morgan fingerprint density at radius 3 is 1.61 bits per heavy atom. The Bertz CT molecular complexity index is 2190. The van der Waals surface area contributed by atoms with Gasteiger partial charge in [0.1, 0.15) is 49.2 Å². The molecule has 2 unspecified atom stereocenters. The van der Waals surface area contributed by atoms with Gasteiger partial charge >= 0.3 is 5.97 Å². The Kier molecular flexibility index (Phi) is 17.7. The lowest BCUT2D eigenvalue weighted by atomic mass is 9.94. The summed E-state index contributed by atoms with van der Waals surface area (Å²) in [7, 11) is 10.6. The van der Waals surface area contributed by atoms with Crippen LogP contribution in [0.15, 0.2) is 127 Å². The van der Waals surface area contributed by atoms with Gasteiger partial charge in [-0.3, -0.25) is 14.4 Å². The molecule has 2 amide bonds. The Labute approximate surface area is 360 Å². The monoisotopic (exact) mass is 822 g/mol. The van der Waals surface area contributed by atoms with Crippen LogP contribution in [0.2, 0.25) is 0 Å². The van der Waals surface area contributed by atoms with Gasteiger partial charge in [-0.05, 0) is 110 Å².